The van der Waals surface area contributed by atoms with Crippen molar-refractivity contribution < 1.29 is 19.1 Å². The second kappa shape index (κ2) is 9.77. The van der Waals surface area contributed by atoms with E-state index in [1.54, 1.807) is 29.9 Å². The van der Waals surface area contributed by atoms with Crippen LogP contribution in [0.2, 0.25) is 5.02 Å². The molecule has 0 aliphatic carbocycles. The number of carbonyl (C=O) groups is 1. The van der Waals surface area contributed by atoms with E-state index in [0.717, 1.165) is 11.3 Å². The number of aliphatic hydroxyl groups is 1. The van der Waals surface area contributed by atoms with Crippen LogP contribution in [0, 0.1) is 0 Å². The van der Waals surface area contributed by atoms with Gasteiger partial charge < -0.3 is 24.1 Å². The molecule has 14 heteroatoms. The number of halogens is 1. The third kappa shape index (κ3) is 5.00. The number of nitrogens with one attached hydrogen (secondary N) is 2. The lowest BCUT2D eigenvalue weighted by atomic mass is 10.3. The lowest BCUT2D eigenvalue weighted by Gasteiger charge is -2.11. The summed E-state index contributed by atoms with van der Waals surface area (Å²) < 4.78 is 12.2. The summed E-state index contributed by atoms with van der Waals surface area (Å²) in [6, 6.07) is 4.60. The third-order valence-corrected chi connectivity index (χ3v) is 5.30. The molecule has 12 nitrogen and oxygen atoms in total. The van der Waals surface area contributed by atoms with Crippen LogP contribution in [0.25, 0.3) is 10.7 Å². The average molecular weight is 490 g/mol. The van der Waals surface area contributed by atoms with Gasteiger partial charge in [-0.3, -0.25) is 10.1 Å². The van der Waals surface area contributed by atoms with Crippen molar-refractivity contribution in [2.45, 2.75) is 0 Å². The number of hydrogen-bond acceptors (Lipinski definition) is 11. The zero-order valence-corrected chi connectivity index (χ0v) is 18.6. The average Bonchev–Trinajstić information content (AvgIpc) is 3.39. The van der Waals surface area contributed by atoms with Crippen molar-refractivity contribution in [3.05, 3.63) is 58.0 Å². The molecule has 0 spiro atoms. The molecule has 0 unspecified atom stereocenters. The first-order valence-corrected chi connectivity index (χ1v) is 10.6. The molecule has 3 N–H and O–H groups in total. The maximum Gasteiger partial charge on any atom is 0.381 e. The standard InChI is InChI=1S/C19H16ClN7O5S/c1-27-6-3-10(20)13(27)16-25-26-19(33-16)24-15(29)12-9-11(23-18-21-4-2-5-22-18)14(17(30)32-12)31-8-7-28/h2-6,9,28H,7-8H2,1H3,(H,21,22,23)(H,24,26,29). The summed E-state index contributed by atoms with van der Waals surface area (Å²) in [5.74, 6) is -1.12. The lowest BCUT2D eigenvalue weighted by molar-refractivity contribution is 0.0990. The van der Waals surface area contributed by atoms with Crippen molar-refractivity contribution in [2.24, 2.45) is 7.05 Å². The highest BCUT2D eigenvalue weighted by Gasteiger charge is 2.21. The van der Waals surface area contributed by atoms with Crippen molar-refractivity contribution >= 4 is 45.6 Å². The van der Waals surface area contributed by atoms with Crippen LogP contribution in [-0.4, -0.2) is 49.0 Å². The molecule has 0 saturated carbocycles. The van der Waals surface area contributed by atoms with E-state index in [1.165, 1.54) is 18.5 Å². The molecule has 4 aromatic rings. The molecule has 4 heterocycles. The van der Waals surface area contributed by atoms with Crippen LogP contribution >= 0.6 is 22.9 Å². The molecular weight excluding hydrogens is 474 g/mol. The van der Waals surface area contributed by atoms with E-state index >= 15 is 0 Å². The number of aliphatic hydroxyl groups excluding tert-OH is 1. The van der Waals surface area contributed by atoms with E-state index in [2.05, 4.69) is 30.8 Å². The summed E-state index contributed by atoms with van der Waals surface area (Å²) in [4.78, 5) is 33.3. The molecule has 0 saturated heterocycles. The second-order valence-electron chi connectivity index (χ2n) is 6.40. The van der Waals surface area contributed by atoms with Gasteiger partial charge in [-0.05, 0) is 12.1 Å². The van der Waals surface area contributed by atoms with Gasteiger partial charge in [-0.1, -0.05) is 22.9 Å². The van der Waals surface area contributed by atoms with Crippen molar-refractivity contribution in [3.8, 4) is 16.5 Å². The number of amides is 1. The molecular formula is C19H16ClN7O5S. The summed E-state index contributed by atoms with van der Waals surface area (Å²) in [6.07, 6.45) is 4.76. The topological polar surface area (TPSA) is 157 Å². The minimum Gasteiger partial charge on any atom is -0.483 e. The van der Waals surface area contributed by atoms with Gasteiger partial charge in [-0.2, -0.15) is 0 Å². The number of carbonyl (C=O) groups excluding carboxylic acids is 1. The number of aromatic nitrogens is 5. The van der Waals surface area contributed by atoms with Crippen LogP contribution in [-0.2, 0) is 7.05 Å². The van der Waals surface area contributed by atoms with Gasteiger partial charge in [0.05, 0.1) is 23.0 Å². The third-order valence-electron chi connectivity index (χ3n) is 4.15. The first kappa shape index (κ1) is 22.4. The van der Waals surface area contributed by atoms with Gasteiger partial charge in [0.25, 0.3) is 5.91 Å². The Balaban J connectivity index is 1.60. The van der Waals surface area contributed by atoms with Crippen LogP contribution in [0.5, 0.6) is 5.75 Å². The Labute approximate surface area is 194 Å². The van der Waals surface area contributed by atoms with E-state index in [0.29, 0.717) is 15.7 Å². The first-order valence-electron chi connectivity index (χ1n) is 9.38. The predicted molar refractivity (Wildman–Crippen MR) is 120 cm³/mol. The number of aryl methyl sites for hydroxylation is 1. The molecule has 170 valence electrons. The molecule has 0 bridgehead atoms. The van der Waals surface area contributed by atoms with E-state index < -0.39 is 11.5 Å². The van der Waals surface area contributed by atoms with Crippen LogP contribution < -0.4 is 21.0 Å². The van der Waals surface area contributed by atoms with E-state index in [9.17, 15) is 9.59 Å². The molecule has 33 heavy (non-hydrogen) atoms. The number of nitrogens with zero attached hydrogens (tertiary/aromatic N) is 5. The minimum absolute atomic E-state index is 0.0876. The van der Waals surface area contributed by atoms with Crippen molar-refractivity contribution in [2.75, 3.05) is 23.8 Å². The van der Waals surface area contributed by atoms with E-state index in [-0.39, 0.29) is 41.5 Å². The van der Waals surface area contributed by atoms with Gasteiger partial charge in [0.15, 0.2) is 10.8 Å². The largest absolute Gasteiger partial charge is 0.483 e. The zero-order chi connectivity index (χ0) is 23.4. The summed E-state index contributed by atoms with van der Waals surface area (Å²) in [7, 11) is 1.81. The molecule has 0 radical (unpaired) electrons. The fourth-order valence-corrected chi connectivity index (χ4v) is 3.91. The zero-order valence-electron chi connectivity index (χ0n) is 17.0. The van der Waals surface area contributed by atoms with Crippen LogP contribution in [0.15, 0.2) is 46.0 Å². The Bertz CT molecular complexity index is 1320. The quantitative estimate of drug-likeness (QED) is 0.335. The van der Waals surface area contributed by atoms with E-state index in [4.69, 9.17) is 25.9 Å². The van der Waals surface area contributed by atoms with Crippen LogP contribution in [0.1, 0.15) is 10.6 Å². The SMILES string of the molecule is Cn1ccc(Cl)c1-c1nnc(NC(=O)c2cc(Nc3ncccn3)c(OCCO)c(=O)o2)s1. The van der Waals surface area contributed by atoms with Crippen LogP contribution in [0.4, 0.5) is 16.8 Å². The molecule has 4 rings (SSSR count). The van der Waals surface area contributed by atoms with Gasteiger partial charge in [-0.25, -0.2) is 14.8 Å². The van der Waals surface area contributed by atoms with Gasteiger partial charge >= 0.3 is 5.63 Å². The predicted octanol–water partition coefficient (Wildman–Crippen LogP) is 2.31. The first-order chi connectivity index (χ1) is 16.0. The van der Waals surface area contributed by atoms with E-state index in [1.807, 2.05) is 0 Å². The Morgan fingerprint density at radius 3 is 2.82 bits per heavy atom. The fraction of sp³-hybridized carbons (Fsp3) is 0.158. The monoisotopic (exact) mass is 489 g/mol. The Kier molecular flexibility index (Phi) is 6.63. The van der Waals surface area contributed by atoms with Gasteiger partial charge in [0.1, 0.15) is 6.61 Å². The number of hydrogen-bond donors (Lipinski definition) is 3. The van der Waals surface area contributed by atoms with Gasteiger partial charge in [0.2, 0.25) is 16.8 Å². The smallest absolute Gasteiger partial charge is 0.381 e. The molecule has 0 aliphatic heterocycles. The minimum atomic E-state index is -0.928. The number of ether oxygens (including phenoxy) is 1. The molecule has 4 aromatic heterocycles. The van der Waals surface area contributed by atoms with Crippen LogP contribution in [0.3, 0.4) is 0 Å². The number of rotatable bonds is 8. The highest BCUT2D eigenvalue weighted by molar-refractivity contribution is 7.18. The molecule has 0 aromatic carbocycles. The molecule has 0 fully saturated rings. The van der Waals surface area contributed by atoms with Crippen molar-refractivity contribution in [1.82, 2.24) is 24.7 Å². The van der Waals surface area contributed by atoms with Crippen molar-refractivity contribution in [3.63, 3.8) is 0 Å². The maximum absolute atomic E-state index is 12.7. The molecule has 0 atom stereocenters. The molecule has 1 amide bonds. The summed E-state index contributed by atoms with van der Waals surface area (Å²) in [5.41, 5.74) is -0.186. The second-order valence-corrected chi connectivity index (χ2v) is 7.78. The summed E-state index contributed by atoms with van der Waals surface area (Å²) in [5, 5.41) is 23.5. The Morgan fingerprint density at radius 2 is 2.12 bits per heavy atom. The molecule has 0 aliphatic rings. The maximum atomic E-state index is 12.7. The summed E-state index contributed by atoms with van der Waals surface area (Å²) in [6.45, 7) is -0.483. The summed E-state index contributed by atoms with van der Waals surface area (Å²) >= 11 is 7.28. The number of anilines is 3. The highest BCUT2D eigenvalue weighted by Crippen LogP contribution is 2.32. The Morgan fingerprint density at radius 1 is 1.33 bits per heavy atom. The van der Waals surface area contributed by atoms with Crippen molar-refractivity contribution in [1.29, 1.82) is 0 Å². The normalized spacial score (nSPS) is 10.8. The lowest BCUT2D eigenvalue weighted by Crippen LogP contribution is -2.18. The van der Waals surface area contributed by atoms with Gasteiger partial charge in [0, 0.05) is 31.7 Å². The Hall–Kier alpha value is -3.81. The van der Waals surface area contributed by atoms with Gasteiger partial charge in [-0.15, -0.1) is 10.2 Å². The highest BCUT2D eigenvalue weighted by atomic mass is 35.5. The fourth-order valence-electron chi connectivity index (χ4n) is 2.74.